The molecule has 0 amide bonds. The van der Waals surface area contributed by atoms with E-state index in [9.17, 15) is 30.0 Å². The predicted octanol–water partition coefficient (Wildman–Crippen LogP) is 2.60. The van der Waals surface area contributed by atoms with Gasteiger partial charge in [0.1, 0.15) is 55.0 Å². The summed E-state index contributed by atoms with van der Waals surface area (Å²) in [6.45, 7) is 2.27. The van der Waals surface area contributed by atoms with Gasteiger partial charge in [0, 0.05) is 5.02 Å². The van der Waals surface area contributed by atoms with Gasteiger partial charge in [-0.15, -0.1) is 0 Å². The van der Waals surface area contributed by atoms with Crippen LogP contribution in [0.25, 0.3) is 0 Å². The summed E-state index contributed by atoms with van der Waals surface area (Å²) in [5, 5.41) is 63.0. The van der Waals surface area contributed by atoms with E-state index in [0.29, 0.717) is 30.2 Å². The molecule has 1 unspecified atom stereocenters. The van der Waals surface area contributed by atoms with Gasteiger partial charge in [-0.3, -0.25) is 9.59 Å². The monoisotopic (exact) mass is 734 g/mol. The van der Waals surface area contributed by atoms with Crippen LogP contribution in [-0.4, -0.2) is 118 Å². The largest absolute Gasteiger partial charge is 0.491 e. The van der Waals surface area contributed by atoms with E-state index < -0.39 is 49.1 Å². The van der Waals surface area contributed by atoms with Gasteiger partial charge in [-0.25, -0.2) is 0 Å². The highest BCUT2D eigenvalue weighted by Crippen LogP contribution is 2.34. The summed E-state index contributed by atoms with van der Waals surface area (Å²) in [5.74, 6) is -0.678. The van der Waals surface area contributed by atoms with Crippen molar-refractivity contribution in [3.05, 3.63) is 76.3 Å². The highest BCUT2D eigenvalue weighted by atomic mass is 35.5. The number of allylic oxidation sites excluding steroid dienone is 1. The summed E-state index contributed by atoms with van der Waals surface area (Å²) in [4.78, 5) is 20.3. The van der Waals surface area contributed by atoms with E-state index in [1.807, 2.05) is 30.3 Å². The number of halogens is 1. The lowest BCUT2D eigenvalue weighted by Gasteiger charge is -2.40. The third-order valence-electron chi connectivity index (χ3n) is 9.22. The summed E-state index contributed by atoms with van der Waals surface area (Å²) in [6.07, 6.45) is 5.93. The minimum absolute atomic E-state index is 0.193. The van der Waals surface area contributed by atoms with E-state index >= 15 is 0 Å². The number of benzene rings is 2. The van der Waals surface area contributed by atoms with Crippen LogP contribution in [0.15, 0.2) is 54.6 Å². The molecule has 0 saturated carbocycles. The first-order valence-electron chi connectivity index (χ1n) is 17.6. The van der Waals surface area contributed by atoms with Crippen molar-refractivity contribution in [2.45, 2.75) is 100 Å². The van der Waals surface area contributed by atoms with Gasteiger partial charge in [0.05, 0.1) is 19.3 Å². The number of carbonyl (C=O) groups is 2. The SMILES string of the molecule is O=C(O)[C@@H]1CCCN1.O=C(O)[C@@H]1CCCN1.OC[C@H]1O[C@@H](c2ccc(Cl)c(Cc3ccc(OCCOC4C=CCCC4)cc3)c2)[C@H](O)[C@@H](O)[C@@H]1O. The number of carboxylic acids is 2. The number of aliphatic hydroxyl groups is 4. The highest BCUT2D eigenvalue weighted by molar-refractivity contribution is 6.31. The molecule has 3 saturated heterocycles. The number of carboxylic acid groups (broad SMARTS) is 2. The van der Waals surface area contributed by atoms with Crippen LogP contribution < -0.4 is 15.4 Å². The van der Waals surface area contributed by atoms with Crippen LogP contribution >= 0.6 is 11.6 Å². The maximum absolute atomic E-state index is 10.4. The smallest absolute Gasteiger partial charge is 0.320 e. The molecule has 4 aliphatic rings. The van der Waals surface area contributed by atoms with Gasteiger partial charge in [-0.2, -0.15) is 0 Å². The average Bonchev–Trinajstić information content (AvgIpc) is 3.89. The Balaban J connectivity index is 0.000000297. The van der Waals surface area contributed by atoms with E-state index in [-0.39, 0.29) is 18.2 Å². The maximum Gasteiger partial charge on any atom is 0.320 e. The molecule has 0 aromatic heterocycles. The van der Waals surface area contributed by atoms with Crippen LogP contribution in [-0.2, 0) is 25.5 Å². The first-order chi connectivity index (χ1) is 24.6. The number of aliphatic hydroxyl groups excluding tert-OH is 4. The van der Waals surface area contributed by atoms with E-state index in [1.54, 1.807) is 12.1 Å². The number of hydrogen-bond donors (Lipinski definition) is 8. The maximum atomic E-state index is 10.4. The molecule has 0 spiro atoms. The molecule has 3 fully saturated rings. The number of rotatable bonds is 11. The zero-order chi connectivity index (χ0) is 36.8. The van der Waals surface area contributed by atoms with E-state index in [1.165, 1.54) is 6.42 Å². The fraction of sp³-hybridized carbons (Fsp3) is 0.568. The quantitative estimate of drug-likeness (QED) is 0.124. The lowest BCUT2D eigenvalue weighted by Crippen LogP contribution is -2.55. The van der Waals surface area contributed by atoms with Crippen molar-refractivity contribution in [2.75, 3.05) is 32.9 Å². The topological polar surface area (TPSA) is 207 Å². The van der Waals surface area contributed by atoms with Crippen LogP contribution in [0.4, 0.5) is 0 Å². The zero-order valence-electron chi connectivity index (χ0n) is 28.6. The third-order valence-corrected chi connectivity index (χ3v) is 9.59. The van der Waals surface area contributed by atoms with Crippen molar-refractivity contribution in [3.8, 4) is 5.75 Å². The third kappa shape index (κ3) is 12.5. The Morgan fingerprint density at radius 3 is 2.04 bits per heavy atom. The molecule has 282 valence electrons. The Morgan fingerprint density at radius 2 is 1.51 bits per heavy atom. The van der Waals surface area contributed by atoms with E-state index in [2.05, 4.69) is 22.8 Å². The standard InChI is InChI=1S/C27H33ClO7.2C5H9NO2/c28-22-11-8-18(27-26(32)25(31)24(30)23(16-29)35-27)15-19(22)14-17-6-9-21(10-7-17)34-13-12-33-20-4-2-1-3-5-20;2*7-5(8)4-2-1-3-6-4/h2,4,6-11,15,20,23-27,29-32H,1,3,5,12-14,16H2;2*4,6H,1-3H2,(H,7,8)/t20?,23-,24-,25+,26-,27+;2*4-/m100/s1. The lowest BCUT2D eigenvalue weighted by molar-refractivity contribution is -0.231. The van der Waals surface area contributed by atoms with Gasteiger partial charge < -0.3 is 55.5 Å². The van der Waals surface area contributed by atoms with Gasteiger partial charge in [0.2, 0.25) is 0 Å². The van der Waals surface area contributed by atoms with E-state index in [0.717, 1.165) is 68.5 Å². The van der Waals surface area contributed by atoms with Gasteiger partial charge >= 0.3 is 11.9 Å². The molecule has 51 heavy (non-hydrogen) atoms. The summed E-state index contributed by atoms with van der Waals surface area (Å²) >= 11 is 6.43. The van der Waals surface area contributed by atoms with Gasteiger partial charge in [-0.05, 0) is 99.3 Å². The molecule has 14 heteroatoms. The Morgan fingerprint density at radius 1 is 0.843 bits per heavy atom. The molecule has 13 nitrogen and oxygen atoms in total. The molecular weight excluding hydrogens is 684 g/mol. The number of ether oxygens (including phenoxy) is 3. The second kappa shape index (κ2) is 20.8. The van der Waals surface area contributed by atoms with Crippen LogP contribution in [0, 0.1) is 0 Å². The zero-order valence-corrected chi connectivity index (χ0v) is 29.4. The van der Waals surface area contributed by atoms with Crippen LogP contribution in [0.1, 0.15) is 67.7 Å². The summed E-state index contributed by atoms with van der Waals surface area (Å²) in [7, 11) is 0. The van der Waals surface area contributed by atoms with Gasteiger partial charge in [0.25, 0.3) is 0 Å². The first-order valence-corrected chi connectivity index (χ1v) is 18.0. The molecule has 3 aliphatic heterocycles. The van der Waals surface area contributed by atoms with Crippen LogP contribution in [0.5, 0.6) is 5.75 Å². The molecule has 1 aliphatic carbocycles. The average molecular weight is 735 g/mol. The van der Waals surface area contributed by atoms with Crippen molar-refractivity contribution in [2.24, 2.45) is 0 Å². The Hall–Kier alpha value is -3.11. The molecule has 8 atom stereocenters. The summed E-state index contributed by atoms with van der Waals surface area (Å²) in [6, 6.07) is 12.5. The Bertz CT molecular complexity index is 1370. The van der Waals surface area contributed by atoms with E-state index in [4.69, 9.17) is 36.0 Å². The molecule has 2 aromatic carbocycles. The summed E-state index contributed by atoms with van der Waals surface area (Å²) in [5.41, 5.74) is 2.45. The van der Waals surface area contributed by atoms with Crippen molar-refractivity contribution in [3.63, 3.8) is 0 Å². The number of nitrogens with one attached hydrogen (secondary N) is 2. The van der Waals surface area contributed by atoms with Crippen LogP contribution in [0.2, 0.25) is 5.02 Å². The molecule has 0 bridgehead atoms. The molecular formula is C37H51ClN2O11. The lowest BCUT2D eigenvalue weighted by atomic mass is 9.90. The predicted molar refractivity (Wildman–Crippen MR) is 189 cm³/mol. The van der Waals surface area contributed by atoms with Gasteiger partial charge in [0.15, 0.2) is 0 Å². The molecule has 8 N–H and O–H groups in total. The fourth-order valence-electron chi connectivity index (χ4n) is 6.28. The van der Waals surface area contributed by atoms with Crippen molar-refractivity contribution >= 4 is 23.5 Å². The number of aliphatic carboxylic acids is 2. The Kier molecular flexibility index (Phi) is 16.6. The second-order valence-corrected chi connectivity index (χ2v) is 13.4. The molecule has 6 rings (SSSR count). The minimum Gasteiger partial charge on any atom is -0.491 e. The molecule has 0 radical (unpaired) electrons. The number of hydrogen-bond acceptors (Lipinski definition) is 11. The fourth-order valence-corrected chi connectivity index (χ4v) is 6.46. The normalized spacial score (nSPS) is 28.6. The molecule has 3 heterocycles. The van der Waals surface area contributed by atoms with Gasteiger partial charge in [-0.1, -0.05) is 48.0 Å². The first kappa shape index (κ1) is 40.7. The van der Waals surface area contributed by atoms with Crippen molar-refractivity contribution in [1.82, 2.24) is 10.6 Å². The minimum atomic E-state index is -1.43. The van der Waals surface area contributed by atoms with Crippen LogP contribution in [0.3, 0.4) is 0 Å². The highest BCUT2D eigenvalue weighted by Gasteiger charge is 2.44. The summed E-state index contributed by atoms with van der Waals surface area (Å²) < 4.78 is 17.3. The van der Waals surface area contributed by atoms with Crippen molar-refractivity contribution < 1.29 is 54.4 Å². The molecule has 2 aromatic rings. The van der Waals surface area contributed by atoms with Crippen molar-refractivity contribution in [1.29, 1.82) is 0 Å². The second-order valence-electron chi connectivity index (χ2n) is 13.0. The Labute approximate surface area is 303 Å².